The number of nitrogens with zero attached hydrogens (tertiary/aromatic N) is 2. The molecule has 1 amide bonds. The van der Waals surface area contributed by atoms with Gasteiger partial charge in [-0.2, -0.15) is 5.10 Å². The SMILES string of the molecule is Cc1c(C(=O)NCC2CCCO2)oc2c1-c1nn(CC3CC3)cc1C1(CC1)C2. The van der Waals surface area contributed by atoms with E-state index in [-0.39, 0.29) is 17.4 Å². The van der Waals surface area contributed by atoms with Crippen molar-refractivity contribution in [2.75, 3.05) is 13.2 Å². The van der Waals surface area contributed by atoms with E-state index in [0.29, 0.717) is 12.3 Å². The monoisotopic (exact) mass is 381 g/mol. The molecule has 0 aromatic carbocycles. The van der Waals surface area contributed by atoms with E-state index in [1.165, 1.54) is 31.2 Å². The Morgan fingerprint density at radius 3 is 2.93 bits per heavy atom. The van der Waals surface area contributed by atoms with Gasteiger partial charge in [-0.15, -0.1) is 0 Å². The molecule has 3 heterocycles. The molecule has 28 heavy (non-hydrogen) atoms. The van der Waals surface area contributed by atoms with Crippen molar-refractivity contribution >= 4 is 5.91 Å². The molecule has 4 aliphatic rings. The minimum absolute atomic E-state index is 0.133. The maximum absolute atomic E-state index is 12.8. The Kier molecular flexibility index (Phi) is 3.58. The molecule has 148 valence electrons. The number of ether oxygens (including phenoxy) is 1. The van der Waals surface area contributed by atoms with Crippen LogP contribution in [0.15, 0.2) is 10.6 Å². The van der Waals surface area contributed by atoms with Crippen LogP contribution in [-0.4, -0.2) is 34.9 Å². The summed E-state index contributed by atoms with van der Waals surface area (Å²) in [4.78, 5) is 12.8. The molecular weight excluding hydrogens is 354 g/mol. The average molecular weight is 381 g/mol. The highest BCUT2D eigenvalue weighted by molar-refractivity contribution is 5.95. The molecule has 2 aromatic rings. The van der Waals surface area contributed by atoms with Crippen LogP contribution in [0.4, 0.5) is 0 Å². The zero-order valence-electron chi connectivity index (χ0n) is 16.4. The van der Waals surface area contributed by atoms with Crippen LogP contribution in [0.5, 0.6) is 0 Å². The van der Waals surface area contributed by atoms with Gasteiger partial charge in [-0.25, -0.2) is 0 Å². The molecule has 1 atom stereocenters. The van der Waals surface area contributed by atoms with Crippen LogP contribution in [-0.2, 0) is 23.1 Å². The Balaban J connectivity index is 1.31. The van der Waals surface area contributed by atoms with Gasteiger partial charge in [-0.3, -0.25) is 9.48 Å². The normalized spacial score (nSPS) is 24.2. The van der Waals surface area contributed by atoms with Gasteiger partial charge in [0.2, 0.25) is 0 Å². The lowest BCUT2D eigenvalue weighted by atomic mass is 9.82. The summed E-state index contributed by atoms with van der Waals surface area (Å²) in [5, 5.41) is 7.96. The largest absolute Gasteiger partial charge is 0.455 e. The van der Waals surface area contributed by atoms with Gasteiger partial charge in [-0.05, 0) is 51.4 Å². The third-order valence-corrected chi connectivity index (χ3v) is 7.00. The average Bonchev–Trinajstić information content (AvgIpc) is 3.48. The van der Waals surface area contributed by atoms with Gasteiger partial charge in [0.05, 0.1) is 11.8 Å². The highest BCUT2D eigenvalue weighted by Gasteiger charge is 2.52. The van der Waals surface area contributed by atoms with Gasteiger partial charge in [0.1, 0.15) is 5.76 Å². The summed E-state index contributed by atoms with van der Waals surface area (Å²) in [6.45, 7) is 4.36. The van der Waals surface area contributed by atoms with E-state index in [9.17, 15) is 4.79 Å². The summed E-state index contributed by atoms with van der Waals surface area (Å²) < 4.78 is 13.9. The first kappa shape index (κ1) is 16.8. The molecule has 6 rings (SSSR count). The smallest absolute Gasteiger partial charge is 0.287 e. The lowest BCUT2D eigenvalue weighted by Gasteiger charge is -2.19. The zero-order chi connectivity index (χ0) is 18.9. The van der Waals surface area contributed by atoms with Crippen LogP contribution in [0.3, 0.4) is 0 Å². The Hall–Kier alpha value is -2.08. The van der Waals surface area contributed by atoms with Gasteiger partial charge >= 0.3 is 0 Å². The lowest BCUT2D eigenvalue weighted by molar-refractivity contribution is 0.0833. The molecule has 1 N–H and O–H groups in total. The highest BCUT2D eigenvalue weighted by atomic mass is 16.5. The number of amides is 1. The number of carbonyl (C=O) groups is 1. The maximum atomic E-state index is 12.8. The number of hydrogen-bond donors (Lipinski definition) is 1. The Morgan fingerprint density at radius 2 is 2.21 bits per heavy atom. The second kappa shape index (κ2) is 5.96. The highest BCUT2D eigenvalue weighted by Crippen LogP contribution is 2.58. The van der Waals surface area contributed by atoms with E-state index in [1.54, 1.807) is 0 Å². The molecule has 0 bridgehead atoms. The van der Waals surface area contributed by atoms with Crippen LogP contribution < -0.4 is 5.32 Å². The second-order valence-corrected chi connectivity index (χ2v) is 9.21. The summed E-state index contributed by atoms with van der Waals surface area (Å²) in [5.74, 6) is 2.05. The van der Waals surface area contributed by atoms with Crippen molar-refractivity contribution in [1.29, 1.82) is 0 Å². The van der Waals surface area contributed by atoms with Gasteiger partial charge in [0, 0.05) is 54.4 Å². The predicted octanol–water partition coefficient (Wildman–Crippen LogP) is 3.36. The summed E-state index contributed by atoms with van der Waals surface area (Å²) in [6.07, 6.45) is 10.4. The first-order valence-electron chi connectivity index (χ1n) is 10.7. The Morgan fingerprint density at radius 1 is 1.36 bits per heavy atom. The fourth-order valence-corrected chi connectivity index (χ4v) is 4.97. The van der Waals surface area contributed by atoms with Crippen molar-refractivity contribution < 1.29 is 13.9 Å². The molecule has 3 aliphatic carbocycles. The van der Waals surface area contributed by atoms with Gasteiger partial charge in [-0.1, -0.05) is 0 Å². The van der Waals surface area contributed by atoms with Gasteiger partial charge < -0.3 is 14.5 Å². The fourth-order valence-electron chi connectivity index (χ4n) is 4.97. The summed E-state index contributed by atoms with van der Waals surface area (Å²) in [5.41, 5.74) is 4.60. The molecule has 0 radical (unpaired) electrons. The number of hydrogen-bond acceptors (Lipinski definition) is 4. The molecular formula is C22H27N3O3. The van der Waals surface area contributed by atoms with Crippen LogP contribution in [0, 0.1) is 12.8 Å². The first-order chi connectivity index (χ1) is 13.6. The first-order valence-corrected chi connectivity index (χ1v) is 10.7. The van der Waals surface area contributed by atoms with Gasteiger partial charge in [0.15, 0.2) is 5.76 Å². The van der Waals surface area contributed by atoms with Crippen molar-refractivity contribution in [3.8, 4) is 11.3 Å². The molecule has 6 heteroatoms. The summed E-state index contributed by atoms with van der Waals surface area (Å²) in [7, 11) is 0. The van der Waals surface area contributed by atoms with E-state index < -0.39 is 0 Å². The van der Waals surface area contributed by atoms with Crippen molar-refractivity contribution in [3.05, 3.63) is 28.8 Å². The second-order valence-electron chi connectivity index (χ2n) is 9.21. The quantitative estimate of drug-likeness (QED) is 0.862. The molecule has 1 unspecified atom stereocenters. The summed E-state index contributed by atoms with van der Waals surface area (Å²) >= 11 is 0. The van der Waals surface area contributed by atoms with Crippen LogP contribution in [0.2, 0.25) is 0 Å². The van der Waals surface area contributed by atoms with Crippen LogP contribution >= 0.6 is 0 Å². The van der Waals surface area contributed by atoms with Crippen LogP contribution in [0.25, 0.3) is 11.3 Å². The maximum Gasteiger partial charge on any atom is 0.287 e. The van der Waals surface area contributed by atoms with Crippen LogP contribution in [0.1, 0.15) is 66.0 Å². The number of rotatable bonds is 5. The molecule has 6 nitrogen and oxygen atoms in total. The number of carbonyl (C=O) groups excluding carboxylic acids is 1. The summed E-state index contributed by atoms with van der Waals surface area (Å²) in [6, 6.07) is 0. The van der Waals surface area contributed by atoms with E-state index >= 15 is 0 Å². The van der Waals surface area contributed by atoms with E-state index in [0.717, 1.165) is 60.9 Å². The molecule has 1 saturated heterocycles. The molecule has 2 saturated carbocycles. The van der Waals surface area contributed by atoms with E-state index in [1.807, 2.05) is 6.92 Å². The molecule has 1 aliphatic heterocycles. The Labute approximate surface area is 164 Å². The Bertz CT molecular complexity index is 943. The minimum Gasteiger partial charge on any atom is -0.455 e. The standard InChI is InChI=1S/C22H27N3O3/c1-13-18-17(28-20(13)21(26)23-10-15-3-2-8-27-15)9-22(6-7-22)16-12-25(24-19(16)18)11-14-4-5-14/h12,14-15H,2-11H2,1H3,(H,23,26). The van der Waals surface area contributed by atoms with Crippen molar-refractivity contribution in [1.82, 2.24) is 15.1 Å². The van der Waals surface area contributed by atoms with Crippen molar-refractivity contribution in [2.24, 2.45) is 5.92 Å². The number of furan rings is 1. The topological polar surface area (TPSA) is 69.3 Å². The number of fused-ring (bicyclic) bond motifs is 4. The molecule has 3 fully saturated rings. The minimum atomic E-state index is -0.133. The number of nitrogens with one attached hydrogen (secondary N) is 1. The zero-order valence-corrected chi connectivity index (χ0v) is 16.4. The number of aromatic nitrogens is 2. The third kappa shape index (κ3) is 2.65. The molecule has 2 aromatic heterocycles. The predicted molar refractivity (Wildman–Crippen MR) is 103 cm³/mol. The van der Waals surface area contributed by atoms with E-state index in [4.69, 9.17) is 14.3 Å². The van der Waals surface area contributed by atoms with Gasteiger partial charge in [0.25, 0.3) is 5.91 Å². The lowest BCUT2D eigenvalue weighted by Crippen LogP contribution is -2.31. The third-order valence-electron chi connectivity index (χ3n) is 7.00. The van der Waals surface area contributed by atoms with E-state index in [2.05, 4.69) is 16.2 Å². The van der Waals surface area contributed by atoms with Crippen molar-refractivity contribution in [3.63, 3.8) is 0 Å². The molecule has 1 spiro atoms. The fraction of sp³-hybridized carbons (Fsp3) is 0.636. The van der Waals surface area contributed by atoms with Crippen molar-refractivity contribution in [2.45, 2.75) is 69.9 Å².